The lowest BCUT2D eigenvalue weighted by Crippen LogP contribution is -2.43. The fourth-order valence-corrected chi connectivity index (χ4v) is 4.56. The summed E-state index contributed by atoms with van der Waals surface area (Å²) in [6, 6.07) is 4.57. The molecule has 3 heterocycles. The molecule has 0 bridgehead atoms. The molecule has 6 heteroatoms. The van der Waals surface area contributed by atoms with Gasteiger partial charge in [0.15, 0.2) is 0 Å². The topological polar surface area (TPSA) is 32.3 Å². The van der Waals surface area contributed by atoms with Crippen molar-refractivity contribution in [3.05, 3.63) is 20.8 Å². The van der Waals surface area contributed by atoms with Gasteiger partial charge in [-0.25, -0.2) is 0 Å². The normalized spacial score (nSPS) is 23.6. The third-order valence-corrected chi connectivity index (χ3v) is 5.89. The first-order chi connectivity index (χ1) is 9.24. The predicted octanol–water partition coefficient (Wildman–Crippen LogP) is 3.54. The highest BCUT2D eigenvalue weighted by Gasteiger charge is 2.30. The van der Waals surface area contributed by atoms with Gasteiger partial charge in [-0.1, -0.05) is 0 Å². The van der Waals surface area contributed by atoms with Gasteiger partial charge in [0.25, 0.3) is 5.91 Å². The number of amides is 1. The van der Waals surface area contributed by atoms with Crippen LogP contribution in [-0.4, -0.2) is 36.5 Å². The van der Waals surface area contributed by atoms with Crippen molar-refractivity contribution in [1.29, 1.82) is 0 Å². The zero-order valence-electron chi connectivity index (χ0n) is 11.3. The van der Waals surface area contributed by atoms with E-state index in [1.165, 1.54) is 30.7 Å². The van der Waals surface area contributed by atoms with Gasteiger partial charge in [0, 0.05) is 19.1 Å². The highest BCUT2D eigenvalue weighted by atomic mass is 79.9. The Bertz CT molecular complexity index is 454. The summed E-state index contributed by atoms with van der Waals surface area (Å²) in [7, 11) is 0. The Hall–Kier alpha value is -0.100. The lowest BCUT2D eigenvalue weighted by Gasteiger charge is -2.34. The number of carbonyl (C=O) groups is 1. The van der Waals surface area contributed by atoms with E-state index >= 15 is 0 Å². The second-order valence-corrected chi connectivity index (χ2v) is 7.90. The van der Waals surface area contributed by atoms with Crippen molar-refractivity contribution < 1.29 is 4.79 Å². The SMILES string of the molecule is Cl.O=C(c1ccc(Br)s1)N1CCC(C2CCCN2)CC1. The van der Waals surface area contributed by atoms with Crippen LogP contribution >= 0.6 is 39.7 Å². The number of halogens is 2. The highest BCUT2D eigenvalue weighted by Crippen LogP contribution is 2.28. The van der Waals surface area contributed by atoms with E-state index in [4.69, 9.17) is 0 Å². The van der Waals surface area contributed by atoms with Crippen molar-refractivity contribution in [2.24, 2.45) is 5.92 Å². The van der Waals surface area contributed by atoms with E-state index in [9.17, 15) is 4.79 Å². The molecule has 2 saturated heterocycles. The fourth-order valence-electron chi connectivity index (χ4n) is 3.20. The summed E-state index contributed by atoms with van der Waals surface area (Å²) in [5.74, 6) is 0.968. The zero-order chi connectivity index (χ0) is 13.2. The van der Waals surface area contributed by atoms with Crippen LogP contribution in [0.5, 0.6) is 0 Å². The molecular formula is C14H20BrClN2OS. The number of rotatable bonds is 2. The Morgan fingerprint density at radius 3 is 2.60 bits per heavy atom. The Labute approximate surface area is 138 Å². The Morgan fingerprint density at radius 1 is 1.30 bits per heavy atom. The Kier molecular flexibility index (Phi) is 5.90. The molecule has 0 aliphatic carbocycles. The molecule has 1 N–H and O–H groups in total. The second-order valence-electron chi connectivity index (χ2n) is 5.44. The minimum absolute atomic E-state index is 0. The first kappa shape index (κ1) is 16.3. The van der Waals surface area contributed by atoms with Gasteiger partial charge in [0.1, 0.15) is 0 Å². The molecule has 0 spiro atoms. The molecule has 1 aromatic heterocycles. The summed E-state index contributed by atoms with van der Waals surface area (Å²) in [6.45, 7) is 3.00. The molecule has 0 aromatic carbocycles. The second kappa shape index (κ2) is 7.25. The van der Waals surface area contributed by atoms with Gasteiger partial charge < -0.3 is 10.2 Å². The summed E-state index contributed by atoms with van der Waals surface area (Å²) < 4.78 is 1.03. The number of hydrogen-bond acceptors (Lipinski definition) is 3. The van der Waals surface area contributed by atoms with Crippen LogP contribution in [0.3, 0.4) is 0 Å². The summed E-state index contributed by atoms with van der Waals surface area (Å²) in [6.07, 6.45) is 4.93. The molecule has 1 atom stereocenters. The van der Waals surface area contributed by atoms with E-state index in [0.29, 0.717) is 6.04 Å². The average Bonchev–Trinajstić information content (AvgIpc) is 3.09. The van der Waals surface area contributed by atoms with Crippen LogP contribution < -0.4 is 5.32 Å². The van der Waals surface area contributed by atoms with Crippen LogP contribution in [-0.2, 0) is 0 Å². The number of thiophene rings is 1. The van der Waals surface area contributed by atoms with E-state index in [1.54, 1.807) is 0 Å². The standard InChI is InChI=1S/C14H19BrN2OS.ClH/c15-13-4-3-12(19-13)14(18)17-8-5-10(6-9-17)11-2-1-7-16-11;/h3-4,10-11,16H,1-2,5-9H2;1H. The quantitative estimate of drug-likeness (QED) is 0.852. The predicted molar refractivity (Wildman–Crippen MR) is 88.9 cm³/mol. The molecule has 3 rings (SSSR count). The van der Waals surface area contributed by atoms with Gasteiger partial charge in [-0.3, -0.25) is 4.79 Å². The first-order valence-corrected chi connectivity index (χ1v) is 8.63. The minimum atomic E-state index is 0. The minimum Gasteiger partial charge on any atom is -0.338 e. The maximum atomic E-state index is 12.3. The van der Waals surface area contributed by atoms with Gasteiger partial charge >= 0.3 is 0 Å². The fraction of sp³-hybridized carbons (Fsp3) is 0.643. The average molecular weight is 380 g/mol. The number of nitrogens with one attached hydrogen (secondary N) is 1. The monoisotopic (exact) mass is 378 g/mol. The van der Waals surface area contributed by atoms with Crippen molar-refractivity contribution in [3.8, 4) is 0 Å². The Balaban J connectivity index is 0.00000147. The van der Waals surface area contributed by atoms with Gasteiger partial charge in [0.05, 0.1) is 8.66 Å². The summed E-state index contributed by atoms with van der Waals surface area (Å²) in [5, 5.41) is 3.60. The van der Waals surface area contributed by atoms with E-state index in [-0.39, 0.29) is 18.3 Å². The lowest BCUT2D eigenvalue weighted by atomic mass is 9.88. The number of carbonyl (C=O) groups excluding carboxylic acids is 1. The molecule has 2 fully saturated rings. The number of likely N-dealkylation sites (tertiary alicyclic amines) is 1. The zero-order valence-corrected chi connectivity index (χ0v) is 14.5. The van der Waals surface area contributed by atoms with Gasteiger partial charge in [-0.05, 0) is 66.2 Å². The number of nitrogens with zero attached hydrogens (tertiary/aromatic N) is 1. The van der Waals surface area contributed by atoms with Crippen molar-refractivity contribution in [2.45, 2.75) is 31.7 Å². The van der Waals surface area contributed by atoms with Crippen molar-refractivity contribution >= 4 is 45.6 Å². The lowest BCUT2D eigenvalue weighted by molar-refractivity contribution is 0.0679. The van der Waals surface area contributed by atoms with Gasteiger partial charge in [-0.15, -0.1) is 23.7 Å². The smallest absolute Gasteiger partial charge is 0.263 e. The molecule has 1 aromatic rings. The first-order valence-electron chi connectivity index (χ1n) is 7.02. The third-order valence-electron chi connectivity index (χ3n) is 4.28. The molecular weight excluding hydrogens is 360 g/mol. The third kappa shape index (κ3) is 3.56. The number of piperidine rings is 1. The molecule has 0 saturated carbocycles. The molecule has 0 radical (unpaired) electrons. The highest BCUT2D eigenvalue weighted by molar-refractivity contribution is 9.11. The van der Waals surface area contributed by atoms with Gasteiger partial charge in [0.2, 0.25) is 0 Å². The van der Waals surface area contributed by atoms with Crippen molar-refractivity contribution in [2.75, 3.05) is 19.6 Å². The van der Waals surface area contributed by atoms with E-state index < -0.39 is 0 Å². The molecule has 2 aliphatic heterocycles. The largest absolute Gasteiger partial charge is 0.338 e. The number of hydrogen-bond donors (Lipinski definition) is 1. The van der Waals surface area contributed by atoms with Crippen LogP contribution in [0.1, 0.15) is 35.4 Å². The van der Waals surface area contributed by atoms with E-state index in [0.717, 1.165) is 40.5 Å². The summed E-state index contributed by atoms with van der Waals surface area (Å²) >= 11 is 4.95. The van der Waals surface area contributed by atoms with Crippen molar-refractivity contribution in [1.82, 2.24) is 10.2 Å². The maximum Gasteiger partial charge on any atom is 0.263 e. The van der Waals surface area contributed by atoms with Crippen LogP contribution in [0.2, 0.25) is 0 Å². The van der Waals surface area contributed by atoms with Crippen molar-refractivity contribution in [3.63, 3.8) is 0 Å². The molecule has 1 amide bonds. The van der Waals surface area contributed by atoms with Crippen LogP contribution in [0.4, 0.5) is 0 Å². The summed E-state index contributed by atoms with van der Waals surface area (Å²) in [4.78, 5) is 15.2. The van der Waals surface area contributed by atoms with Crippen LogP contribution in [0.15, 0.2) is 15.9 Å². The Morgan fingerprint density at radius 2 is 2.05 bits per heavy atom. The van der Waals surface area contributed by atoms with Crippen LogP contribution in [0.25, 0.3) is 0 Å². The summed E-state index contributed by atoms with van der Waals surface area (Å²) in [5.41, 5.74) is 0. The van der Waals surface area contributed by atoms with E-state index in [1.807, 2.05) is 17.0 Å². The molecule has 112 valence electrons. The molecule has 2 aliphatic rings. The van der Waals surface area contributed by atoms with Crippen LogP contribution in [0, 0.1) is 5.92 Å². The molecule has 3 nitrogen and oxygen atoms in total. The maximum absolute atomic E-state index is 12.3. The van der Waals surface area contributed by atoms with Gasteiger partial charge in [-0.2, -0.15) is 0 Å². The van der Waals surface area contributed by atoms with E-state index in [2.05, 4.69) is 21.2 Å². The molecule has 1 unspecified atom stereocenters. The molecule has 20 heavy (non-hydrogen) atoms.